The summed E-state index contributed by atoms with van der Waals surface area (Å²) >= 11 is 0. The Morgan fingerprint density at radius 3 is 3.10 bits per heavy atom. The molecule has 1 unspecified atom stereocenters. The van der Waals surface area contributed by atoms with Crippen LogP contribution in [0.4, 0.5) is 0 Å². The standard InChI is InChI=1S/C14H19N3O4/c1-20-10-11(5-8-18)16-14(19)13-4-3-12(21-13)9-17-7-2-6-15-17/h2-4,6-7,11,18H,5,8-10H2,1H3,(H,16,19). The van der Waals surface area contributed by atoms with Crippen LogP contribution in [0.2, 0.25) is 0 Å². The van der Waals surface area contributed by atoms with Crippen molar-refractivity contribution in [2.45, 2.75) is 19.0 Å². The number of methoxy groups -OCH3 is 1. The Bertz CT molecular complexity index is 544. The topological polar surface area (TPSA) is 89.5 Å². The SMILES string of the molecule is COCC(CCO)NC(=O)c1ccc(Cn2cccn2)o1. The van der Waals surface area contributed by atoms with Gasteiger partial charge in [0.2, 0.25) is 0 Å². The van der Waals surface area contributed by atoms with E-state index >= 15 is 0 Å². The van der Waals surface area contributed by atoms with Gasteiger partial charge in [-0.2, -0.15) is 5.10 Å². The van der Waals surface area contributed by atoms with E-state index < -0.39 is 0 Å². The second-order valence-corrected chi connectivity index (χ2v) is 4.61. The first-order valence-corrected chi connectivity index (χ1v) is 6.69. The van der Waals surface area contributed by atoms with Crippen molar-refractivity contribution in [2.75, 3.05) is 20.3 Å². The van der Waals surface area contributed by atoms with Gasteiger partial charge in [-0.3, -0.25) is 9.48 Å². The molecule has 0 fully saturated rings. The minimum atomic E-state index is -0.322. The van der Waals surface area contributed by atoms with Crippen molar-refractivity contribution in [3.8, 4) is 0 Å². The van der Waals surface area contributed by atoms with Crippen molar-refractivity contribution < 1.29 is 19.1 Å². The molecule has 2 N–H and O–H groups in total. The van der Waals surface area contributed by atoms with Crippen molar-refractivity contribution in [2.24, 2.45) is 0 Å². The van der Waals surface area contributed by atoms with E-state index in [-0.39, 0.29) is 24.3 Å². The molecule has 0 aliphatic rings. The second kappa shape index (κ2) is 7.61. The Kier molecular flexibility index (Phi) is 5.53. The van der Waals surface area contributed by atoms with Gasteiger partial charge in [0.05, 0.1) is 19.2 Å². The highest BCUT2D eigenvalue weighted by atomic mass is 16.5. The molecule has 7 heteroatoms. The van der Waals surface area contributed by atoms with Crippen LogP contribution >= 0.6 is 0 Å². The lowest BCUT2D eigenvalue weighted by atomic mass is 10.2. The van der Waals surface area contributed by atoms with Gasteiger partial charge in [-0.1, -0.05) is 0 Å². The largest absolute Gasteiger partial charge is 0.454 e. The molecule has 2 aromatic heterocycles. The maximum Gasteiger partial charge on any atom is 0.287 e. The van der Waals surface area contributed by atoms with E-state index in [1.165, 1.54) is 0 Å². The van der Waals surface area contributed by atoms with E-state index in [0.29, 0.717) is 25.3 Å². The Labute approximate surface area is 122 Å². The number of aromatic nitrogens is 2. The van der Waals surface area contributed by atoms with Crippen LogP contribution in [0.5, 0.6) is 0 Å². The summed E-state index contributed by atoms with van der Waals surface area (Å²) in [5.74, 6) is 0.558. The van der Waals surface area contributed by atoms with Crippen molar-refractivity contribution in [1.29, 1.82) is 0 Å². The van der Waals surface area contributed by atoms with Crippen LogP contribution in [0.1, 0.15) is 22.7 Å². The maximum atomic E-state index is 12.1. The molecule has 2 aromatic rings. The lowest BCUT2D eigenvalue weighted by Gasteiger charge is -2.15. The summed E-state index contributed by atoms with van der Waals surface area (Å²) in [6.45, 7) is 0.794. The summed E-state index contributed by atoms with van der Waals surface area (Å²) in [6.07, 6.45) is 3.93. The van der Waals surface area contributed by atoms with Crippen LogP contribution in [0.3, 0.4) is 0 Å². The maximum absolute atomic E-state index is 12.1. The average molecular weight is 293 g/mol. The predicted molar refractivity (Wildman–Crippen MR) is 74.9 cm³/mol. The van der Waals surface area contributed by atoms with E-state index in [4.69, 9.17) is 14.3 Å². The zero-order valence-electron chi connectivity index (χ0n) is 11.9. The van der Waals surface area contributed by atoms with E-state index in [1.807, 2.05) is 12.3 Å². The molecule has 1 amide bonds. The first-order valence-electron chi connectivity index (χ1n) is 6.69. The molecule has 114 valence electrons. The minimum Gasteiger partial charge on any atom is -0.454 e. The summed E-state index contributed by atoms with van der Waals surface area (Å²) in [6, 6.07) is 4.94. The fourth-order valence-electron chi connectivity index (χ4n) is 1.95. The molecular weight excluding hydrogens is 274 g/mol. The van der Waals surface area contributed by atoms with Crippen molar-refractivity contribution in [3.63, 3.8) is 0 Å². The minimum absolute atomic E-state index is 0.0169. The number of nitrogens with zero attached hydrogens (tertiary/aromatic N) is 2. The first-order chi connectivity index (χ1) is 10.2. The van der Waals surface area contributed by atoms with Gasteiger partial charge in [0.25, 0.3) is 5.91 Å². The number of ether oxygens (including phenoxy) is 1. The number of carbonyl (C=O) groups excluding carboxylic acids is 1. The van der Waals surface area contributed by atoms with Crippen LogP contribution in [0.25, 0.3) is 0 Å². The summed E-state index contributed by atoms with van der Waals surface area (Å²) in [4.78, 5) is 12.1. The molecule has 2 rings (SSSR count). The van der Waals surface area contributed by atoms with Crippen LogP contribution in [0, 0.1) is 0 Å². The quantitative estimate of drug-likeness (QED) is 0.746. The molecule has 0 aromatic carbocycles. The Hall–Kier alpha value is -2.12. The summed E-state index contributed by atoms with van der Waals surface area (Å²) < 4.78 is 12.2. The zero-order chi connectivity index (χ0) is 15.1. The fourth-order valence-corrected chi connectivity index (χ4v) is 1.95. The summed E-state index contributed by atoms with van der Waals surface area (Å²) in [7, 11) is 1.55. The molecule has 0 radical (unpaired) electrons. The van der Waals surface area contributed by atoms with E-state index in [1.54, 1.807) is 30.1 Å². The lowest BCUT2D eigenvalue weighted by Crippen LogP contribution is -2.38. The molecule has 0 saturated carbocycles. The molecule has 1 atom stereocenters. The lowest BCUT2D eigenvalue weighted by molar-refractivity contribution is 0.0850. The Morgan fingerprint density at radius 1 is 1.57 bits per heavy atom. The van der Waals surface area contributed by atoms with Gasteiger partial charge in [0, 0.05) is 26.1 Å². The Balaban J connectivity index is 1.94. The van der Waals surface area contributed by atoms with Gasteiger partial charge in [-0.05, 0) is 24.6 Å². The third kappa shape index (κ3) is 4.44. The van der Waals surface area contributed by atoms with Gasteiger partial charge in [0.15, 0.2) is 5.76 Å². The highest BCUT2D eigenvalue weighted by Gasteiger charge is 2.16. The highest BCUT2D eigenvalue weighted by Crippen LogP contribution is 2.10. The highest BCUT2D eigenvalue weighted by molar-refractivity contribution is 5.91. The van der Waals surface area contributed by atoms with Gasteiger partial charge in [-0.15, -0.1) is 0 Å². The van der Waals surface area contributed by atoms with E-state index in [2.05, 4.69) is 10.4 Å². The smallest absolute Gasteiger partial charge is 0.287 e. The third-order valence-electron chi connectivity index (χ3n) is 2.94. The second-order valence-electron chi connectivity index (χ2n) is 4.61. The number of carbonyl (C=O) groups is 1. The van der Waals surface area contributed by atoms with Crippen LogP contribution in [-0.4, -0.2) is 47.2 Å². The zero-order valence-corrected chi connectivity index (χ0v) is 11.9. The third-order valence-corrected chi connectivity index (χ3v) is 2.94. The number of amides is 1. The average Bonchev–Trinajstić information content (AvgIpc) is 3.11. The summed E-state index contributed by atoms with van der Waals surface area (Å²) in [5.41, 5.74) is 0. The number of hydrogen-bond donors (Lipinski definition) is 2. The number of hydrogen-bond acceptors (Lipinski definition) is 5. The molecule has 0 bridgehead atoms. The van der Waals surface area contributed by atoms with Crippen LogP contribution in [-0.2, 0) is 11.3 Å². The molecule has 2 heterocycles. The molecular formula is C14H19N3O4. The molecule has 0 saturated heterocycles. The van der Waals surface area contributed by atoms with Crippen molar-refractivity contribution in [1.82, 2.24) is 15.1 Å². The number of aliphatic hydroxyl groups is 1. The monoisotopic (exact) mass is 293 g/mol. The first kappa shape index (κ1) is 15.3. The molecule has 21 heavy (non-hydrogen) atoms. The summed E-state index contributed by atoms with van der Waals surface area (Å²) in [5, 5.41) is 15.8. The fraction of sp³-hybridized carbons (Fsp3) is 0.429. The van der Waals surface area contributed by atoms with Crippen molar-refractivity contribution >= 4 is 5.91 Å². The van der Waals surface area contributed by atoms with Gasteiger partial charge < -0.3 is 19.6 Å². The molecule has 0 aliphatic heterocycles. The van der Waals surface area contributed by atoms with E-state index in [0.717, 1.165) is 0 Å². The van der Waals surface area contributed by atoms with Gasteiger partial charge in [0.1, 0.15) is 5.76 Å². The van der Waals surface area contributed by atoms with Gasteiger partial charge >= 0.3 is 0 Å². The van der Waals surface area contributed by atoms with Crippen LogP contribution in [0.15, 0.2) is 35.0 Å². The van der Waals surface area contributed by atoms with Gasteiger partial charge in [-0.25, -0.2) is 0 Å². The molecule has 7 nitrogen and oxygen atoms in total. The van der Waals surface area contributed by atoms with Crippen LogP contribution < -0.4 is 5.32 Å². The Morgan fingerprint density at radius 2 is 2.43 bits per heavy atom. The number of furan rings is 1. The molecule has 0 spiro atoms. The van der Waals surface area contributed by atoms with E-state index in [9.17, 15) is 4.79 Å². The molecule has 0 aliphatic carbocycles. The number of aliphatic hydroxyl groups excluding tert-OH is 1. The number of nitrogens with one attached hydrogen (secondary N) is 1. The normalized spacial score (nSPS) is 12.3. The predicted octanol–water partition coefficient (Wildman–Crippen LogP) is 0.652. The number of rotatable bonds is 8. The van der Waals surface area contributed by atoms with Crippen molar-refractivity contribution in [3.05, 3.63) is 42.1 Å².